The molecular weight excluding hydrogens is 330 g/mol. The van der Waals surface area contributed by atoms with Gasteiger partial charge >= 0.3 is 0 Å². The van der Waals surface area contributed by atoms with Gasteiger partial charge in [-0.25, -0.2) is 4.68 Å². The van der Waals surface area contributed by atoms with Crippen molar-refractivity contribution in [1.29, 1.82) is 0 Å². The highest BCUT2D eigenvalue weighted by Gasteiger charge is 2.23. The van der Waals surface area contributed by atoms with Crippen LogP contribution in [-0.4, -0.2) is 64.7 Å². The highest BCUT2D eigenvalue weighted by Crippen LogP contribution is 2.13. The minimum absolute atomic E-state index is 0.186. The summed E-state index contributed by atoms with van der Waals surface area (Å²) in [6.07, 6.45) is 2.70. The highest BCUT2D eigenvalue weighted by molar-refractivity contribution is 5.91. The van der Waals surface area contributed by atoms with Gasteiger partial charge in [0.25, 0.3) is 5.91 Å². The van der Waals surface area contributed by atoms with Crippen LogP contribution in [0.1, 0.15) is 30.8 Å². The number of amides is 1. The number of nitrogens with one attached hydrogen (secondary N) is 1. The van der Waals surface area contributed by atoms with E-state index in [0.29, 0.717) is 24.2 Å². The van der Waals surface area contributed by atoms with Crippen LogP contribution in [0.3, 0.4) is 0 Å². The predicted octanol–water partition coefficient (Wildman–Crippen LogP) is 1.74. The summed E-state index contributed by atoms with van der Waals surface area (Å²) in [4.78, 5) is 14.9. The minimum Gasteiger partial charge on any atom is -0.379 e. The zero-order valence-electron chi connectivity index (χ0n) is 15.5. The first-order valence-electron chi connectivity index (χ1n) is 9.21. The number of carbonyl (C=O) groups excluding carboxylic acids is 1. The molecule has 1 aromatic carbocycles. The number of hydrogen-bond donors (Lipinski definition) is 1. The van der Waals surface area contributed by atoms with Gasteiger partial charge in [0, 0.05) is 25.7 Å². The lowest BCUT2D eigenvalue weighted by Crippen LogP contribution is -2.49. The molecule has 1 N–H and O–H groups in total. The maximum Gasteiger partial charge on any atom is 0.273 e. The Hall–Kier alpha value is -2.25. The Morgan fingerprint density at radius 2 is 1.96 bits per heavy atom. The number of aromatic nitrogens is 3. The van der Waals surface area contributed by atoms with Crippen LogP contribution in [0.25, 0.3) is 5.69 Å². The van der Waals surface area contributed by atoms with Crippen molar-refractivity contribution >= 4 is 5.91 Å². The summed E-state index contributed by atoms with van der Waals surface area (Å²) in [7, 11) is 0. The van der Waals surface area contributed by atoms with E-state index in [0.717, 1.165) is 38.4 Å². The Balaban J connectivity index is 1.60. The molecular formula is C19H27N5O2. The number of ether oxygens (including phenoxy) is 1. The van der Waals surface area contributed by atoms with Gasteiger partial charge in [-0.1, -0.05) is 37.3 Å². The normalized spacial score (nSPS) is 16.6. The van der Waals surface area contributed by atoms with Crippen molar-refractivity contribution in [2.45, 2.75) is 26.3 Å². The van der Waals surface area contributed by atoms with E-state index in [9.17, 15) is 4.79 Å². The number of hydrogen-bond acceptors (Lipinski definition) is 5. The van der Waals surface area contributed by atoms with E-state index < -0.39 is 0 Å². The molecule has 1 fully saturated rings. The van der Waals surface area contributed by atoms with E-state index in [1.165, 1.54) is 0 Å². The van der Waals surface area contributed by atoms with Crippen LogP contribution in [0.2, 0.25) is 0 Å². The summed E-state index contributed by atoms with van der Waals surface area (Å²) in [5.41, 5.74) is 1.21. The number of para-hydroxylation sites is 1. The third kappa shape index (κ3) is 4.89. The summed E-state index contributed by atoms with van der Waals surface area (Å²) in [5, 5.41) is 11.1. The SMILES string of the molecule is CC(C)CC(CNC(=O)c1cn(-c2ccccc2)nn1)N1CCOCC1. The molecule has 7 nitrogen and oxygen atoms in total. The zero-order chi connectivity index (χ0) is 18.4. The highest BCUT2D eigenvalue weighted by atomic mass is 16.5. The molecule has 1 aliphatic rings. The van der Waals surface area contributed by atoms with Crippen molar-refractivity contribution in [2.24, 2.45) is 5.92 Å². The van der Waals surface area contributed by atoms with Crippen LogP contribution in [0.4, 0.5) is 0 Å². The molecule has 0 spiro atoms. The molecule has 2 aromatic rings. The molecule has 0 saturated carbocycles. The maximum atomic E-state index is 12.5. The Kier molecular flexibility index (Phi) is 6.35. The number of benzene rings is 1. The lowest BCUT2D eigenvalue weighted by molar-refractivity contribution is 0.0124. The molecule has 140 valence electrons. The summed E-state index contributed by atoms with van der Waals surface area (Å²) in [6.45, 7) is 8.37. The van der Waals surface area contributed by atoms with Crippen molar-refractivity contribution < 1.29 is 9.53 Å². The second-order valence-corrected chi connectivity index (χ2v) is 7.03. The monoisotopic (exact) mass is 357 g/mol. The van der Waals surface area contributed by atoms with Gasteiger partial charge in [-0.2, -0.15) is 0 Å². The van der Waals surface area contributed by atoms with Crippen LogP contribution >= 0.6 is 0 Å². The Morgan fingerprint density at radius 3 is 2.65 bits per heavy atom. The second kappa shape index (κ2) is 8.91. The van der Waals surface area contributed by atoms with E-state index in [1.807, 2.05) is 30.3 Å². The third-order valence-corrected chi connectivity index (χ3v) is 4.55. The first-order chi connectivity index (χ1) is 12.6. The van der Waals surface area contributed by atoms with Crippen LogP contribution < -0.4 is 5.32 Å². The van der Waals surface area contributed by atoms with Crippen molar-refractivity contribution in [3.05, 3.63) is 42.2 Å². The van der Waals surface area contributed by atoms with Gasteiger partial charge < -0.3 is 10.1 Å². The van der Waals surface area contributed by atoms with Crippen LogP contribution in [0, 0.1) is 5.92 Å². The molecule has 26 heavy (non-hydrogen) atoms. The lowest BCUT2D eigenvalue weighted by atomic mass is 10.0. The molecule has 0 bridgehead atoms. The Morgan fingerprint density at radius 1 is 1.23 bits per heavy atom. The van der Waals surface area contributed by atoms with Crippen LogP contribution in [0.15, 0.2) is 36.5 Å². The Bertz CT molecular complexity index is 695. The summed E-state index contributed by atoms with van der Waals surface area (Å²) in [6, 6.07) is 9.95. The average molecular weight is 357 g/mol. The van der Waals surface area contributed by atoms with Gasteiger partial charge in [0.2, 0.25) is 0 Å². The van der Waals surface area contributed by atoms with Gasteiger partial charge in [0.15, 0.2) is 5.69 Å². The molecule has 1 aliphatic heterocycles. The largest absolute Gasteiger partial charge is 0.379 e. The maximum absolute atomic E-state index is 12.5. The number of carbonyl (C=O) groups is 1. The van der Waals surface area contributed by atoms with Crippen molar-refractivity contribution in [1.82, 2.24) is 25.2 Å². The van der Waals surface area contributed by atoms with E-state index >= 15 is 0 Å². The number of nitrogens with zero attached hydrogens (tertiary/aromatic N) is 4. The molecule has 7 heteroatoms. The number of morpholine rings is 1. The molecule has 2 heterocycles. The number of rotatable bonds is 7. The van der Waals surface area contributed by atoms with E-state index in [2.05, 4.69) is 34.4 Å². The molecule has 1 saturated heterocycles. The fourth-order valence-electron chi connectivity index (χ4n) is 3.22. The summed E-state index contributed by atoms with van der Waals surface area (Å²) < 4.78 is 7.06. The van der Waals surface area contributed by atoms with Crippen molar-refractivity contribution in [3.8, 4) is 5.69 Å². The molecule has 1 aromatic heterocycles. The van der Waals surface area contributed by atoms with Gasteiger partial charge in [-0.3, -0.25) is 9.69 Å². The predicted molar refractivity (Wildman–Crippen MR) is 99.3 cm³/mol. The average Bonchev–Trinajstić information content (AvgIpc) is 3.16. The standard InChI is InChI=1S/C19H27N5O2/c1-15(2)12-17(23-8-10-26-11-9-23)13-20-19(25)18-14-24(22-21-18)16-6-4-3-5-7-16/h3-7,14-15,17H,8-13H2,1-2H3,(H,20,25). The summed E-state index contributed by atoms with van der Waals surface area (Å²) in [5.74, 6) is 0.382. The van der Waals surface area contributed by atoms with Crippen LogP contribution in [0.5, 0.6) is 0 Å². The van der Waals surface area contributed by atoms with E-state index in [-0.39, 0.29) is 5.91 Å². The van der Waals surface area contributed by atoms with Gasteiger partial charge in [-0.05, 0) is 24.5 Å². The third-order valence-electron chi connectivity index (χ3n) is 4.55. The molecule has 3 rings (SSSR count). The minimum atomic E-state index is -0.186. The molecule has 1 amide bonds. The lowest BCUT2D eigenvalue weighted by Gasteiger charge is -2.35. The van der Waals surface area contributed by atoms with Gasteiger partial charge in [0.1, 0.15) is 0 Å². The first kappa shape index (κ1) is 18.5. The van der Waals surface area contributed by atoms with E-state index in [4.69, 9.17) is 4.74 Å². The van der Waals surface area contributed by atoms with Gasteiger partial charge in [-0.15, -0.1) is 5.10 Å². The van der Waals surface area contributed by atoms with E-state index in [1.54, 1.807) is 10.9 Å². The second-order valence-electron chi connectivity index (χ2n) is 7.03. The van der Waals surface area contributed by atoms with Crippen molar-refractivity contribution in [3.63, 3.8) is 0 Å². The topological polar surface area (TPSA) is 72.3 Å². The van der Waals surface area contributed by atoms with Crippen molar-refractivity contribution in [2.75, 3.05) is 32.8 Å². The first-order valence-corrected chi connectivity index (χ1v) is 9.21. The quantitative estimate of drug-likeness (QED) is 0.817. The summed E-state index contributed by atoms with van der Waals surface area (Å²) >= 11 is 0. The fourth-order valence-corrected chi connectivity index (χ4v) is 3.22. The van der Waals surface area contributed by atoms with Gasteiger partial charge in [0.05, 0.1) is 25.1 Å². The zero-order valence-corrected chi connectivity index (χ0v) is 15.5. The smallest absolute Gasteiger partial charge is 0.273 e. The molecule has 1 atom stereocenters. The fraction of sp³-hybridized carbons (Fsp3) is 0.526. The molecule has 0 radical (unpaired) electrons. The van der Waals surface area contributed by atoms with Crippen LogP contribution in [-0.2, 0) is 4.74 Å². The Labute approximate surface area is 154 Å². The molecule has 1 unspecified atom stereocenters. The molecule has 0 aliphatic carbocycles.